The van der Waals surface area contributed by atoms with Gasteiger partial charge in [-0.2, -0.15) is 0 Å². The first kappa shape index (κ1) is 15.8. The number of carbonyl (C=O) groups is 1. The molecule has 2 unspecified atom stereocenters. The van der Waals surface area contributed by atoms with E-state index >= 15 is 0 Å². The van der Waals surface area contributed by atoms with Crippen molar-refractivity contribution in [1.29, 1.82) is 0 Å². The second kappa shape index (κ2) is 4.97. The lowest BCUT2D eigenvalue weighted by Gasteiger charge is -2.56. The molecule has 3 aliphatic rings. The lowest BCUT2D eigenvalue weighted by Crippen LogP contribution is -2.51. The van der Waals surface area contributed by atoms with Crippen LogP contribution in [0.25, 0.3) is 0 Å². The average molecular weight is 302 g/mol. The molecule has 0 aromatic heterocycles. The van der Waals surface area contributed by atoms with Crippen molar-refractivity contribution in [3.8, 4) is 0 Å². The molecule has 0 amide bonds. The van der Waals surface area contributed by atoms with Gasteiger partial charge >= 0.3 is 5.97 Å². The molecule has 0 aliphatic heterocycles. The van der Waals surface area contributed by atoms with Crippen molar-refractivity contribution in [3.63, 3.8) is 0 Å². The van der Waals surface area contributed by atoms with Gasteiger partial charge in [0.1, 0.15) is 0 Å². The van der Waals surface area contributed by atoms with Gasteiger partial charge in [0.05, 0.1) is 5.41 Å². The molecule has 0 radical (unpaired) electrons. The van der Waals surface area contributed by atoms with Crippen LogP contribution in [-0.4, -0.2) is 11.1 Å². The molecule has 0 heterocycles. The summed E-state index contributed by atoms with van der Waals surface area (Å²) in [6.45, 7) is 10.7. The highest BCUT2D eigenvalue weighted by Gasteiger charge is 2.56. The Labute approximate surface area is 134 Å². The summed E-state index contributed by atoms with van der Waals surface area (Å²) in [6.07, 6.45) is 10.8. The van der Waals surface area contributed by atoms with Gasteiger partial charge in [0.15, 0.2) is 0 Å². The van der Waals surface area contributed by atoms with Gasteiger partial charge in [0.25, 0.3) is 0 Å². The zero-order valence-electron chi connectivity index (χ0n) is 14.4. The van der Waals surface area contributed by atoms with E-state index in [0.717, 1.165) is 38.5 Å². The number of allylic oxidation sites excluding steroid dienone is 3. The fourth-order valence-electron chi connectivity index (χ4n) is 5.82. The normalized spacial score (nSPS) is 45.0. The minimum absolute atomic E-state index is 0.113. The highest BCUT2D eigenvalue weighted by Crippen LogP contribution is 2.63. The molecular formula is C20H30O2. The molecule has 4 atom stereocenters. The summed E-state index contributed by atoms with van der Waals surface area (Å²) in [6, 6.07) is 0. The molecule has 1 fully saturated rings. The van der Waals surface area contributed by atoms with E-state index in [1.54, 1.807) is 11.1 Å². The third-order valence-electron chi connectivity index (χ3n) is 7.33. The first-order chi connectivity index (χ1) is 10.3. The van der Waals surface area contributed by atoms with E-state index in [1.165, 1.54) is 12.8 Å². The average Bonchev–Trinajstić information content (AvgIpc) is 2.46. The van der Waals surface area contributed by atoms with E-state index in [1.807, 2.05) is 6.92 Å². The molecule has 0 aromatic rings. The van der Waals surface area contributed by atoms with Crippen LogP contribution < -0.4 is 0 Å². The summed E-state index contributed by atoms with van der Waals surface area (Å²) in [5, 5.41) is 9.84. The Morgan fingerprint density at radius 1 is 1.23 bits per heavy atom. The summed E-state index contributed by atoms with van der Waals surface area (Å²) >= 11 is 0. The van der Waals surface area contributed by atoms with Crippen molar-refractivity contribution in [2.45, 2.75) is 72.1 Å². The van der Waals surface area contributed by atoms with Gasteiger partial charge in [0, 0.05) is 0 Å². The first-order valence-corrected chi connectivity index (χ1v) is 8.84. The number of carboxylic acids is 1. The largest absolute Gasteiger partial charge is 0.481 e. The van der Waals surface area contributed by atoms with Gasteiger partial charge in [0.2, 0.25) is 0 Å². The Hall–Kier alpha value is -1.05. The predicted octanol–water partition coefficient (Wildman–Crippen LogP) is 5.35. The fourth-order valence-corrected chi connectivity index (χ4v) is 5.82. The van der Waals surface area contributed by atoms with Crippen LogP contribution in [0.1, 0.15) is 72.1 Å². The van der Waals surface area contributed by atoms with Crippen molar-refractivity contribution in [1.82, 2.24) is 0 Å². The Kier molecular flexibility index (Phi) is 3.58. The van der Waals surface area contributed by atoms with E-state index in [9.17, 15) is 9.90 Å². The van der Waals surface area contributed by atoms with Crippen molar-refractivity contribution in [2.75, 3.05) is 0 Å². The molecule has 0 saturated heterocycles. The summed E-state index contributed by atoms with van der Waals surface area (Å²) in [5.74, 6) is -0.280. The smallest absolute Gasteiger partial charge is 0.309 e. The highest BCUT2D eigenvalue weighted by atomic mass is 16.4. The number of carboxylic acid groups (broad SMARTS) is 1. The molecular weight excluding hydrogens is 272 g/mol. The number of hydrogen-bond donors (Lipinski definition) is 1. The topological polar surface area (TPSA) is 37.3 Å². The maximum Gasteiger partial charge on any atom is 0.309 e. The van der Waals surface area contributed by atoms with Crippen LogP contribution in [0, 0.1) is 22.2 Å². The minimum Gasteiger partial charge on any atom is -0.481 e. The van der Waals surface area contributed by atoms with Crippen molar-refractivity contribution in [2.24, 2.45) is 22.2 Å². The molecule has 0 bridgehead atoms. The zero-order valence-corrected chi connectivity index (χ0v) is 14.4. The SMILES string of the molecule is C=C[C@]1(C)CCC2=C(CCC3C2(C)CCC[C@@]3(C)C(=O)O)C1. The third-order valence-corrected chi connectivity index (χ3v) is 7.33. The van der Waals surface area contributed by atoms with Gasteiger partial charge in [-0.05, 0) is 68.6 Å². The molecule has 3 aliphatic carbocycles. The molecule has 1 N–H and O–H groups in total. The number of rotatable bonds is 2. The van der Waals surface area contributed by atoms with Crippen LogP contribution in [0.4, 0.5) is 0 Å². The summed E-state index contributed by atoms with van der Waals surface area (Å²) in [7, 11) is 0. The lowest BCUT2D eigenvalue weighted by atomic mass is 9.47. The van der Waals surface area contributed by atoms with Crippen LogP contribution >= 0.6 is 0 Å². The fraction of sp³-hybridized carbons (Fsp3) is 0.750. The molecule has 2 nitrogen and oxygen atoms in total. The molecule has 2 heteroatoms. The van der Waals surface area contributed by atoms with Crippen LogP contribution in [0.15, 0.2) is 23.8 Å². The van der Waals surface area contributed by atoms with Crippen molar-refractivity contribution < 1.29 is 9.90 Å². The maximum absolute atomic E-state index is 12.0. The quantitative estimate of drug-likeness (QED) is 0.698. The van der Waals surface area contributed by atoms with E-state index in [-0.39, 0.29) is 10.8 Å². The molecule has 122 valence electrons. The summed E-state index contributed by atoms with van der Waals surface area (Å²) in [4.78, 5) is 12.0. The van der Waals surface area contributed by atoms with Gasteiger partial charge in [-0.15, -0.1) is 6.58 Å². The van der Waals surface area contributed by atoms with Gasteiger partial charge < -0.3 is 5.11 Å². The van der Waals surface area contributed by atoms with Crippen LogP contribution in [0.3, 0.4) is 0 Å². The first-order valence-electron chi connectivity index (χ1n) is 8.84. The predicted molar refractivity (Wildman–Crippen MR) is 89.6 cm³/mol. The van der Waals surface area contributed by atoms with Crippen molar-refractivity contribution >= 4 is 5.97 Å². The highest BCUT2D eigenvalue weighted by molar-refractivity contribution is 5.75. The Morgan fingerprint density at radius 2 is 1.95 bits per heavy atom. The van der Waals surface area contributed by atoms with Gasteiger partial charge in [-0.3, -0.25) is 4.79 Å². The molecule has 0 aromatic carbocycles. The van der Waals surface area contributed by atoms with E-state index < -0.39 is 11.4 Å². The minimum atomic E-state index is -0.584. The van der Waals surface area contributed by atoms with Crippen LogP contribution in [-0.2, 0) is 4.79 Å². The lowest BCUT2D eigenvalue weighted by molar-refractivity contribution is -0.159. The van der Waals surface area contributed by atoms with E-state index in [4.69, 9.17) is 0 Å². The number of hydrogen-bond acceptors (Lipinski definition) is 1. The van der Waals surface area contributed by atoms with Gasteiger partial charge in [-0.1, -0.05) is 37.5 Å². The van der Waals surface area contributed by atoms with E-state index in [2.05, 4.69) is 26.5 Å². The van der Waals surface area contributed by atoms with Crippen LogP contribution in [0.5, 0.6) is 0 Å². The van der Waals surface area contributed by atoms with Gasteiger partial charge in [-0.25, -0.2) is 0 Å². The number of aliphatic carboxylic acids is 1. The second-order valence-corrected chi connectivity index (χ2v) is 8.70. The second-order valence-electron chi connectivity index (χ2n) is 8.70. The maximum atomic E-state index is 12.0. The summed E-state index contributed by atoms with van der Waals surface area (Å²) < 4.78 is 0. The molecule has 3 rings (SSSR count). The standard InChI is InChI=1S/C20H30O2/c1-5-18(2)12-9-15-14(13-18)7-8-16-19(15,3)10-6-11-20(16,4)17(21)22/h5,16H,1,6-13H2,2-4H3,(H,21,22)/t16?,18-,19?,20-/m1/s1. The monoisotopic (exact) mass is 302 g/mol. The third kappa shape index (κ3) is 2.10. The number of fused-ring (bicyclic) bond motifs is 2. The molecule has 22 heavy (non-hydrogen) atoms. The van der Waals surface area contributed by atoms with Crippen LogP contribution in [0.2, 0.25) is 0 Å². The molecule has 0 spiro atoms. The summed E-state index contributed by atoms with van der Waals surface area (Å²) in [5.41, 5.74) is 3.07. The Bertz CT molecular complexity index is 546. The Morgan fingerprint density at radius 3 is 2.59 bits per heavy atom. The zero-order chi connectivity index (χ0) is 16.2. The van der Waals surface area contributed by atoms with Crippen molar-refractivity contribution in [3.05, 3.63) is 23.8 Å². The van der Waals surface area contributed by atoms with E-state index in [0.29, 0.717) is 5.92 Å². The molecule has 1 saturated carbocycles. The Balaban J connectivity index is 2.01.